The smallest absolute Gasteiger partial charge is 0.503 e. The van der Waals surface area contributed by atoms with E-state index in [0.717, 1.165) is 50.3 Å². The summed E-state index contributed by atoms with van der Waals surface area (Å²) in [5.41, 5.74) is 7.59. The van der Waals surface area contributed by atoms with E-state index in [9.17, 15) is 5.26 Å². The van der Waals surface area contributed by atoms with Crippen molar-refractivity contribution in [2.24, 2.45) is 0 Å². The number of ether oxygens (including phenoxy) is 1. The molecule has 7 aromatic rings. The van der Waals surface area contributed by atoms with E-state index in [4.69, 9.17) is 4.74 Å². The van der Waals surface area contributed by atoms with Crippen LogP contribution in [0.25, 0.3) is 44.7 Å². The SMILES string of the molecule is Cc1ccc(-c2nccn2-c2c(C)cccc2C)[c-]c1Oc1[c-]c2c(cc1)c1cc(C#N)ccc1n2-c1ccccn1.[Pt+2]. The fourth-order valence-electron chi connectivity index (χ4n) is 5.54. The molecule has 210 valence electrons. The van der Waals surface area contributed by atoms with Crippen molar-refractivity contribution < 1.29 is 25.8 Å². The van der Waals surface area contributed by atoms with Gasteiger partial charge >= 0.3 is 21.1 Å². The van der Waals surface area contributed by atoms with Gasteiger partial charge in [-0.3, -0.25) is 4.98 Å². The molecular weight excluding hydrogens is 714 g/mol. The van der Waals surface area contributed by atoms with E-state index in [2.05, 4.69) is 64.8 Å². The largest absolute Gasteiger partial charge is 2.00 e. The number of nitriles is 1. The molecule has 0 aliphatic carbocycles. The number of para-hydroxylation sites is 1. The molecule has 3 aromatic heterocycles. The Bertz CT molecular complexity index is 2150. The maximum Gasteiger partial charge on any atom is 2.00 e. The Morgan fingerprint density at radius 3 is 2.40 bits per heavy atom. The fraction of sp³-hybridized carbons (Fsp3) is 0.0833. The molecule has 0 saturated carbocycles. The molecule has 0 fully saturated rings. The molecule has 0 aliphatic heterocycles. The predicted octanol–water partition coefficient (Wildman–Crippen LogP) is 8.22. The van der Waals surface area contributed by atoms with Crippen molar-refractivity contribution in [2.75, 3.05) is 0 Å². The first-order valence-corrected chi connectivity index (χ1v) is 13.6. The number of imidazole rings is 1. The number of fused-ring (bicyclic) bond motifs is 3. The Kier molecular flexibility index (Phi) is 7.44. The number of rotatable bonds is 5. The molecule has 0 saturated heterocycles. The number of aromatic nitrogens is 4. The average molecular weight is 739 g/mol. The van der Waals surface area contributed by atoms with Crippen molar-refractivity contribution in [3.05, 3.63) is 132 Å². The summed E-state index contributed by atoms with van der Waals surface area (Å²) in [4.78, 5) is 9.28. The van der Waals surface area contributed by atoms with Crippen molar-refractivity contribution in [1.82, 2.24) is 19.1 Å². The summed E-state index contributed by atoms with van der Waals surface area (Å²) < 4.78 is 10.6. The third-order valence-electron chi connectivity index (χ3n) is 7.54. The quantitative estimate of drug-likeness (QED) is 0.167. The third kappa shape index (κ3) is 4.92. The van der Waals surface area contributed by atoms with Gasteiger partial charge in [0.25, 0.3) is 0 Å². The fourth-order valence-corrected chi connectivity index (χ4v) is 5.54. The summed E-state index contributed by atoms with van der Waals surface area (Å²) in [5.74, 6) is 2.71. The van der Waals surface area contributed by atoms with Crippen LogP contribution in [0.2, 0.25) is 0 Å². The molecule has 0 radical (unpaired) electrons. The van der Waals surface area contributed by atoms with Crippen molar-refractivity contribution in [1.29, 1.82) is 5.26 Å². The van der Waals surface area contributed by atoms with Crippen molar-refractivity contribution in [3.63, 3.8) is 0 Å². The van der Waals surface area contributed by atoms with Crippen LogP contribution in [0.4, 0.5) is 0 Å². The van der Waals surface area contributed by atoms with Gasteiger partial charge in [-0.1, -0.05) is 48.3 Å². The van der Waals surface area contributed by atoms with Gasteiger partial charge in [0.15, 0.2) is 0 Å². The van der Waals surface area contributed by atoms with E-state index in [0.29, 0.717) is 17.1 Å². The molecular formula is C36H25N5OPt. The zero-order valence-corrected chi connectivity index (χ0v) is 26.0. The molecule has 0 aliphatic rings. The van der Waals surface area contributed by atoms with E-state index in [1.54, 1.807) is 6.20 Å². The van der Waals surface area contributed by atoms with Gasteiger partial charge in [-0.25, -0.2) is 4.98 Å². The monoisotopic (exact) mass is 738 g/mol. The van der Waals surface area contributed by atoms with Crippen molar-refractivity contribution in [3.8, 4) is 40.5 Å². The Labute approximate surface area is 264 Å². The van der Waals surface area contributed by atoms with E-state index in [1.165, 1.54) is 11.1 Å². The second-order valence-corrected chi connectivity index (χ2v) is 10.3. The molecule has 0 spiro atoms. The maximum atomic E-state index is 9.52. The van der Waals surface area contributed by atoms with Crippen LogP contribution in [0, 0.1) is 44.2 Å². The predicted molar refractivity (Wildman–Crippen MR) is 164 cm³/mol. The van der Waals surface area contributed by atoms with Crippen LogP contribution in [-0.2, 0) is 21.1 Å². The first-order valence-electron chi connectivity index (χ1n) is 13.6. The molecule has 7 heteroatoms. The van der Waals surface area contributed by atoms with Gasteiger partial charge in [-0.15, -0.1) is 35.2 Å². The number of hydrogen-bond acceptors (Lipinski definition) is 4. The molecule has 0 unspecified atom stereocenters. The minimum atomic E-state index is 0. The molecule has 0 amide bonds. The van der Waals surface area contributed by atoms with Crippen LogP contribution in [0.1, 0.15) is 22.3 Å². The summed E-state index contributed by atoms with van der Waals surface area (Å²) in [6.07, 6.45) is 5.56. The number of pyridine rings is 1. The van der Waals surface area contributed by atoms with Gasteiger partial charge in [-0.05, 0) is 60.7 Å². The first kappa shape index (κ1) is 28.2. The van der Waals surface area contributed by atoms with Crippen LogP contribution in [0.3, 0.4) is 0 Å². The Morgan fingerprint density at radius 1 is 0.791 bits per heavy atom. The normalized spacial score (nSPS) is 10.9. The standard InChI is InChI=1S/C36H25N5O.Pt/c1-23-10-12-27(36-39-17-18-40(36)35-24(2)7-6-8-25(35)3)20-33(23)42-28-13-14-29-30-19-26(22-37)11-15-31(30)41(32(29)21-28)34-9-4-5-16-38-34;/h4-19H,1-3H3;/q-2;+2. The van der Waals surface area contributed by atoms with Crippen molar-refractivity contribution in [2.45, 2.75) is 20.8 Å². The Hall–Kier alpha value is -4.98. The van der Waals surface area contributed by atoms with Crippen LogP contribution in [0.5, 0.6) is 11.5 Å². The summed E-state index contributed by atoms with van der Waals surface area (Å²) in [7, 11) is 0. The molecule has 0 N–H and O–H groups in total. The minimum Gasteiger partial charge on any atom is -0.503 e. The zero-order chi connectivity index (χ0) is 28.8. The Balaban J connectivity index is 0.00000329. The molecule has 43 heavy (non-hydrogen) atoms. The van der Waals surface area contributed by atoms with Crippen LogP contribution < -0.4 is 4.74 Å². The average Bonchev–Trinajstić information content (AvgIpc) is 3.61. The zero-order valence-electron chi connectivity index (χ0n) is 23.7. The molecule has 0 bridgehead atoms. The van der Waals surface area contributed by atoms with Crippen LogP contribution in [0.15, 0.2) is 97.5 Å². The summed E-state index contributed by atoms with van der Waals surface area (Å²) >= 11 is 0. The van der Waals surface area contributed by atoms with E-state index < -0.39 is 0 Å². The van der Waals surface area contributed by atoms with Gasteiger partial charge in [0.2, 0.25) is 0 Å². The topological polar surface area (TPSA) is 68.7 Å². The summed E-state index contributed by atoms with van der Waals surface area (Å²) in [5, 5.41) is 11.4. The maximum absolute atomic E-state index is 9.52. The summed E-state index contributed by atoms with van der Waals surface area (Å²) in [6.45, 7) is 6.22. The molecule has 7 rings (SSSR count). The second-order valence-electron chi connectivity index (χ2n) is 10.3. The van der Waals surface area contributed by atoms with E-state index >= 15 is 0 Å². The van der Waals surface area contributed by atoms with Crippen LogP contribution >= 0.6 is 0 Å². The molecule has 0 atom stereocenters. The van der Waals surface area contributed by atoms with E-state index in [-0.39, 0.29) is 21.1 Å². The van der Waals surface area contributed by atoms with Gasteiger partial charge < -0.3 is 13.9 Å². The molecule has 6 nitrogen and oxygen atoms in total. The number of hydrogen-bond donors (Lipinski definition) is 0. The van der Waals surface area contributed by atoms with Gasteiger partial charge in [0.1, 0.15) is 5.82 Å². The number of nitrogens with zero attached hydrogens (tertiary/aromatic N) is 5. The van der Waals surface area contributed by atoms with Crippen LogP contribution in [-0.4, -0.2) is 19.1 Å². The second kappa shape index (κ2) is 11.4. The van der Waals surface area contributed by atoms with Crippen molar-refractivity contribution >= 4 is 21.8 Å². The van der Waals surface area contributed by atoms with E-state index in [1.807, 2.05) is 84.5 Å². The van der Waals surface area contributed by atoms with Gasteiger partial charge in [0, 0.05) is 41.3 Å². The number of benzene rings is 4. The molecule has 3 heterocycles. The minimum absolute atomic E-state index is 0. The number of aryl methyl sites for hydroxylation is 3. The van der Waals surface area contributed by atoms with Gasteiger partial charge in [0.05, 0.1) is 17.5 Å². The molecule has 4 aromatic carbocycles. The van der Waals surface area contributed by atoms with Gasteiger partial charge in [-0.2, -0.15) is 11.3 Å². The Morgan fingerprint density at radius 2 is 1.63 bits per heavy atom. The third-order valence-corrected chi connectivity index (χ3v) is 7.54. The first-order chi connectivity index (χ1) is 20.5. The summed E-state index contributed by atoms with van der Waals surface area (Å²) in [6, 6.07) is 34.9.